The summed E-state index contributed by atoms with van der Waals surface area (Å²) in [4.78, 5) is 13.1. The van der Waals surface area contributed by atoms with Gasteiger partial charge in [0, 0.05) is 28.9 Å². The van der Waals surface area contributed by atoms with Crippen molar-refractivity contribution in [1.29, 1.82) is 0 Å². The summed E-state index contributed by atoms with van der Waals surface area (Å²) in [6.45, 7) is 0. The zero-order chi connectivity index (χ0) is 19.3. The van der Waals surface area contributed by atoms with Gasteiger partial charge in [0.15, 0.2) is 0 Å². The molecule has 8 heteroatoms. The van der Waals surface area contributed by atoms with Gasteiger partial charge in [-0.2, -0.15) is 4.68 Å². The van der Waals surface area contributed by atoms with E-state index in [1.165, 1.54) is 16.4 Å². The number of halogens is 1. The molecule has 0 saturated carbocycles. The number of nitrogens with zero attached hydrogens (tertiary/aromatic N) is 4. The highest BCUT2D eigenvalue weighted by molar-refractivity contribution is 7.98. The van der Waals surface area contributed by atoms with Gasteiger partial charge in [-0.1, -0.05) is 59.8 Å². The van der Waals surface area contributed by atoms with Crippen LogP contribution >= 0.6 is 23.4 Å². The van der Waals surface area contributed by atoms with E-state index in [2.05, 4.69) is 15.5 Å². The Morgan fingerprint density at radius 3 is 2.39 bits per heavy atom. The van der Waals surface area contributed by atoms with Crippen LogP contribution in [-0.4, -0.2) is 19.5 Å². The Bertz CT molecular complexity index is 1130. The van der Waals surface area contributed by atoms with Crippen molar-refractivity contribution >= 4 is 34.9 Å². The quantitative estimate of drug-likeness (QED) is 0.477. The van der Waals surface area contributed by atoms with Crippen molar-refractivity contribution < 1.29 is 0 Å². The van der Waals surface area contributed by atoms with Crippen LogP contribution in [0, 0.1) is 0 Å². The number of aromatic nitrogens is 4. The van der Waals surface area contributed by atoms with E-state index in [0.717, 1.165) is 11.3 Å². The second kappa shape index (κ2) is 8.33. The molecule has 28 heavy (non-hydrogen) atoms. The molecule has 4 aromatic rings. The Hall–Kier alpha value is -3.03. The normalized spacial score (nSPS) is 10.8. The van der Waals surface area contributed by atoms with Crippen molar-refractivity contribution in [3.05, 3.63) is 100 Å². The maximum absolute atomic E-state index is 13.1. The van der Waals surface area contributed by atoms with Gasteiger partial charge in [0.1, 0.15) is 0 Å². The Labute approximate surface area is 170 Å². The van der Waals surface area contributed by atoms with Crippen molar-refractivity contribution in [3.8, 4) is 0 Å². The van der Waals surface area contributed by atoms with E-state index in [9.17, 15) is 4.79 Å². The maximum Gasteiger partial charge on any atom is 0.316 e. The van der Waals surface area contributed by atoms with E-state index >= 15 is 0 Å². The van der Waals surface area contributed by atoms with Crippen molar-refractivity contribution in [2.75, 3.05) is 5.32 Å². The van der Waals surface area contributed by atoms with E-state index in [-0.39, 0.29) is 11.4 Å². The van der Waals surface area contributed by atoms with Crippen LogP contribution in [0.1, 0.15) is 5.56 Å². The average Bonchev–Trinajstić information content (AvgIpc) is 3.24. The van der Waals surface area contributed by atoms with Crippen molar-refractivity contribution in [2.24, 2.45) is 0 Å². The number of para-hydroxylation sites is 1. The van der Waals surface area contributed by atoms with Crippen LogP contribution in [0.3, 0.4) is 0 Å². The first-order valence-corrected chi connectivity index (χ1v) is 9.90. The lowest BCUT2D eigenvalue weighted by molar-refractivity contribution is 0.533. The van der Waals surface area contributed by atoms with Crippen LogP contribution in [0.15, 0.2) is 89.1 Å². The first-order chi connectivity index (χ1) is 13.7. The minimum Gasteiger partial charge on any atom is -0.334 e. The summed E-state index contributed by atoms with van der Waals surface area (Å²) in [5.41, 5.74) is 1.44. The van der Waals surface area contributed by atoms with E-state index in [4.69, 9.17) is 11.6 Å². The molecule has 1 N–H and O–H groups in total. The fraction of sp³-hybridized carbons (Fsp3) is 0.0500. The van der Waals surface area contributed by atoms with Gasteiger partial charge >= 0.3 is 5.56 Å². The Morgan fingerprint density at radius 2 is 1.64 bits per heavy atom. The second-order valence-corrected chi connectivity index (χ2v) is 7.23. The maximum atomic E-state index is 13.1. The van der Waals surface area contributed by atoms with Crippen LogP contribution in [-0.2, 0) is 5.75 Å². The molecule has 0 aliphatic carbocycles. The molecule has 140 valence electrons. The lowest BCUT2D eigenvalue weighted by Gasteiger charge is -2.14. The number of benzene rings is 2. The second-order valence-electron chi connectivity index (χ2n) is 5.88. The predicted octanol–water partition coefficient (Wildman–Crippen LogP) is 4.44. The number of thioether (sulfide) groups is 1. The first-order valence-electron chi connectivity index (χ1n) is 8.54. The summed E-state index contributed by atoms with van der Waals surface area (Å²) in [5.74, 6) is 0.725. The fourth-order valence-electron chi connectivity index (χ4n) is 2.61. The monoisotopic (exact) mass is 409 g/mol. The Morgan fingerprint density at radius 1 is 0.929 bits per heavy atom. The van der Waals surface area contributed by atoms with Gasteiger partial charge in [-0.15, -0.1) is 10.2 Å². The van der Waals surface area contributed by atoms with Crippen molar-refractivity contribution in [3.63, 3.8) is 0 Å². The largest absolute Gasteiger partial charge is 0.334 e. The van der Waals surface area contributed by atoms with Gasteiger partial charge in [0.2, 0.25) is 11.0 Å². The van der Waals surface area contributed by atoms with Crippen LogP contribution in [0.25, 0.3) is 0 Å². The number of hydrogen-bond acceptors (Lipinski definition) is 5. The van der Waals surface area contributed by atoms with Crippen LogP contribution in [0.4, 0.5) is 11.5 Å². The van der Waals surface area contributed by atoms with Crippen LogP contribution < -0.4 is 10.9 Å². The van der Waals surface area contributed by atoms with E-state index < -0.39 is 0 Å². The summed E-state index contributed by atoms with van der Waals surface area (Å²) in [5, 5.41) is 12.6. The number of hydrogen-bond donors (Lipinski definition) is 1. The third-order valence-corrected chi connectivity index (χ3v) is 5.32. The molecule has 4 rings (SSSR count). The highest BCUT2D eigenvalue weighted by Gasteiger charge is 2.15. The van der Waals surface area contributed by atoms with E-state index in [0.29, 0.717) is 15.9 Å². The van der Waals surface area contributed by atoms with Gasteiger partial charge in [-0.25, -0.2) is 0 Å². The highest BCUT2D eigenvalue weighted by atomic mass is 35.5. The highest BCUT2D eigenvalue weighted by Crippen LogP contribution is 2.25. The SMILES string of the molecule is O=c1c(Nc2ccccc2)nnc(SCc2ccccc2Cl)n1-n1cccc1. The zero-order valence-corrected chi connectivity index (χ0v) is 16.3. The van der Waals surface area contributed by atoms with E-state index in [1.54, 1.807) is 17.1 Å². The number of rotatable bonds is 6. The molecular formula is C20H16ClN5OS. The van der Waals surface area contributed by atoms with Gasteiger partial charge in [-0.05, 0) is 35.9 Å². The average molecular weight is 410 g/mol. The molecule has 0 aliphatic rings. The molecular weight excluding hydrogens is 394 g/mol. The molecule has 2 aromatic carbocycles. The summed E-state index contributed by atoms with van der Waals surface area (Å²) in [6.07, 6.45) is 3.57. The fourth-order valence-corrected chi connectivity index (χ4v) is 3.83. The molecule has 0 aliphatic heterocycles. The lowest BCUT2D eigenvalue weighted by atomic mass is 10.2. The first kappa shape index (κ1) is 18.3. The van der Waals surface area contributed by atoms with Gasteiger partial charge in [-0.3, -0.25) is 9.47 Å². The molecule has 0 saturated heterocycles. The summed E-state index contributed by atoms with van der Waals surface area (Å²) < 4.78 is 3.17. The molecule has 0 atom stereocenters. The topological polar surface area (TPSA) is 64.7 Å². The van der Waals surface area contributed by atoms with Crippen LogP contribution in [0.2, 0.25) is 5.02 Å². The Kier molecular flexibility index (Phi) is 5.45. The molecule has 0 amide bonds. The van der Waals surface area contributed by atoms with Gasteiger partial charge < -0.3 is 5.32 Å². The standard InChI is InChI=1S/C20H16ClN5OS/c21-17-11-5-4-8-15(17)14-28-20-24-23-18(22-16-9-2-1-3-10-16)19(27)26(20)25-12-6-7-13-25/h1-13H,14H2,(H,22,23). The molecule has 0 bridgehead atoms. The molecule has 0 unspecified atom stereocenters. The molecule has 2 aromatic heterocycles. The van der Waals surface area contributed by atoms with Crippen molar-refractivity contribution in [1.82, 2.24) is 19.5 Å². The zero-order valence-electron chi connectivity index (χ0n) is 14.7. The predicted molar refractivity (Wildman–Crippen MR) is 112 cm³/mol. The van der Waals surface area contributed by atoms with E-state index in [1.807, 2.05) is 66.7 Å². The molecule has 0 spiro atoms. The Balaban J connectivity index is 1.69. The molecule has 6 nitrogen and oxygen atoms in total. The molecule has 0 fully saturated rings. The third-order valence-electron chi connectivity index (χ3n) is 3.98. The summed E-state index contributed by atoms with van der Waals surface area (Å²) >= 11 is 7.64. The molecule has 2 heterocycles. The smallest absolute Gasteiger partial charge is 0.316 e. The summed E-state index contributed by atoms with van der Waals surface area (Å²) in [7, 11) is 0. The third kappa shape index (κ3) is 3.95. The van der Waals surface area contributed by atoms with Gasteiger partial charge in [0.05, 0.1) is 0 Å². The number of nitrogens with one attached hydrogen (secondary N) is 1. The van der Waals surface area contributed by atoms with Gasteiger partial charge in [0.25, 0.3) is 0 Å². The molecule has 0 radical (unpaired) electrons. The minimum atomic E-state index is -0.295. The van der Waals surface area contributed by atoms with Crippen molar-refractivity contribution in [2.45, 2.75) is 10.9 Å². The lowest BCUT2D eigenvalue weighted by Crippen LogP contribution is -2.30. The van der Waals surface area contributed by atoms with Crippen LogP contribution in [0.5, 0.6) is 0 Å². The summed E-state index contributed by atoms with van der Waals surface area (Å²) in [6, 6.07) is 20.7. The minimum absolute atomic E-state index is 0.155. The number of anilines is 2.